The second-order valence-electron chi connectivity index (χ2n) is 4.15. The fraction of sp³-hybridized carbons (Fsp3) is 0.462. The van der Waals surface area contributed by atoms with Crippen LogP contribution in [0.15, 0.2) is 24.3 Å². The van der Waals surface area contributed by atoms with Gasteiger partial charge < -0.3 is 4.74 Å². The van der Waals surface area contributed by atoms with E-state index < -0.39 is 0 Å². The van der Waals surface area contributed by atoms with Crippen molar-refractivity contribution in [2.75, 3.05) is 6.61 Å². The molecule has 0 bridgehead atoms. The Morgan fingerprint density at radius 3 is 2.76 bits per heavy atom. The summed E-state index contributed by atoms with van der Waals surface area (Å²) in [5.74, 6) is -0.149. The van der Waals surface area contributed by atoms with Crippen LogP contribution in [0.2, 0.25) is 5.02 Å². The number of hydrogen-bond donors (Lipinski definition) is 1. The Balaban J connectivity index is 1.98. The van der Waals surface area contributed by atoms with Crippen molar-refractivity contribution < 1.29 is 9.53 Å². The maximum absolute atomic E-state index is 11.6. The van der Waals surface area contributed by atoms with Gasteiger partial charge in [0.1, 0.15) is 6.04 Å². The Bertz CT molecular complexity index is 391. The predicted molar refractivity (Wildman–Crippen MR) is 67.0 cm³/mol. The molecule has 0 aliphatic carbocycles. The van der Waals surface area contributed by atoms with Crippen LogP contribution in [-0.4, -0.2) is 18.6 Å². The van der Waals surface area contributed by atoms with Crippen molar-refractivity contribution in [3.05, 3.63) is 34.9 Å². The maximum atomic E-state index is 11.6. The van der Waals surface area contributed by atoms with Gasteiger partial charge >= 0.3 is 5.97 Å². The number of ether oxygens (including phenoxy) is 1. The molecule has 92 valence electrons. The molecule has 1 fully saturated rings. The van der Waals surface area contributed by atoms with Gasteiger partial charge in [0.2, 0.25) is 0 Å². The molecule has 0 amide bonds. The van der Waals surface area contributed by atoms with E-state index in [1.54, 1.807) is 0 Å². The minimum Gasteiger partial charge on any atom is -0.465 e. The first-order chi connectivity index (χ1) is 8.20. The van der Waals surface area contributed by atoms with Crippen molar-refractivity contribution in [3.8, 4) is 0 Å². The van der Waals surface area contributed by atoms with Crippen LogP contribution in [-0.2, 0) is 9.53 Å². The van der Waals surface area contributed by atoms with Gasteiger partial charge in [-0.1, -0.05) is 23.7 Å². The fourth-order valence-electron chi connectivity index (χ4n) is 2.13. The van der Waals surface area contributed by atoms with Crippen molar-refractivity contribution in [2.24, 2.45) is 0 Å². The number of carbonyl (C=O) groups excluding carboxylic acids is 1. The standard InChI is InChI=1S/C13H16ClNO2/c1-2-17-13(16)12-8-7-11(15-12)9-3-5-10(14)6-4-9/h3-6,11-12,15H,2,7-8H2,1H3/t11-,12+/m0/s1. The second-order valence-corrected chi connectivity index (χ2v) is 4.59. The quantitative estimate of drug-likeness (QED) is 0.842. The molecule has 0 saturated carbocycles. The summed E-state index contributed by atoms with van der Waals surface area (Å²) in [6.07, 6.45) is 1.78. The highest BCUT2D eigenvalue weighted by atomic mass is 35.5. The zero-order valence-electron chi connectivity index (χ0n) is 9.78. The van der Waals surface area contributed by atoms with Gasteiger partial charge in [0.15, 0.2) is 0 Å². The molecule has 3 nitrogen and oxygen atoms in total. The summed E-state index contributed by atoms with van der Waals surface area (Å²) in [5, 5.41) is 4.02. The normalized spacial score (nSPS) is 23.6. The van der Waals surface area contributed by atoms with E-state index in [9.17, 15) is 4.79 Å². The predicted octanol–water partition coefficient (Wildman–Crippen LogP) is 2.70. The third-order valence-electron chi connectivity index (χ3n) is 2.99. The van der Waals surface area contributed by atoms with Crippen LogP contribution in [0.3, 0.4) is 0 Å². The highest BCUT2D eigenvalue weighted by Gasteiger charge is 2.30. The lowest BCUT2D eigenvalue weighted by Crippen LogP contribution is -2.33. The van der Waals surface area contributed by atoms with Gasteiger partial charge in [0.05, 0.1) is 6.61 Å². The van der Waals surface area contributed by atoms with Crippen LogP contribution in [0.5, 0.6) is 0 Å². The molecular weight excluding hydrogens is 238 g/mol. The number of hydrogen-bond acceptors (Lipinski definition) is 3. The molecular formula is C13H16ClNO2. The largest absolute Gasteiger partial charge is 0.465 e. The van der Waals surface area contributed by atoms with E-state index in [2.05, 4.69) is 5.32 Å². The number of benzene rings is 1. The minimum absolute atomic E-state index is 0.149. The Morgan fingerprint density at radius 1 is 1.41 bits per heavy atom. The van der Waals surface area contributed by atoms with Gasteiger partial charge in [-0.2, -0.15) is 0 Å². The van der Waals surface area contributed by atoms with E-state index in [-0.39, 0.29) is 18.1 Å². The van der Waals surface area contributed by atoms with Crippen molar-refractivity contribution in [1.29, 1.82) is 0 Å². The Kier molecular flexibility index (Phi) is 4.02. The molecule has 0 spiro atoms. The van der Waals surface area contributed by atoms with Crippen LogP contribution in [0.4, 0.5) is 0 Å². The molecule has 0 unspecified atom stereocenters. The van der Waals surface area contributed by atoms with Crippen molar-refractivity contribution in [1.82, 2.24) is 5.32 Å². The summed E-state index contributed by atoms with van der Waals surface area (Å²) < 4.78 is 5.01. The van der Waals surface area contributed by atoms with E-state index in [0.29, 0.717) is 6.61 Å². The van der Waals surface area contributed by atoms with Gasteiger partial charge in [-0.15, -0.1) is 0 Å². The van der Waals surface area contributed by atoms with E-state index in [0.717, 1.165) is 17.9 Å². The summed E-state index contributed by atoms with van der Waals surface area (Å²) in [5.41, 5.74) is 1.17. The highest BCUT2D eigenvalue weighted by Crippen LogP contribution is 2.27. The molecule has 0 aromatic heterocycles. The number of nitrogens with one attached hydrogen (secondary N) is 1. The lowest BCUT2D eigenvalue weighted by Gasteiger charge is -2.13. The first kappa shape index (κ1) is 12.4. The first-order valence-corrected chi connectivity index (χ1v) is 6.26. The maximum Gasteiger partial charge on any atom is 0.323 e. The molecule has 1 aliphatic rings. The van der Waals surface area contributed by atoms with E-state index in [1.165, 1.54) is 5.56 Å². The topological polar surface area (TPSA) is 38.3 Å². The molecule has 1 aromatic carbocycles. The average Bonchev–Trinajstić information content (AvgIpc) is 2.80. The van der Waals surface area contributed by atoms with Crippen molar-refractivity contribution in [3.63, 3.8) is 0 Å². The SMILES string of the molecule is CCOC(=O)[C@H]1CC[C@@H](c2ccc(Cl)cc2)N1. The molecule has 0 radical (unpaired) electrons. The third kappa shape index (κ3) is 2.99. The van der Waals surface area contributed by atoms with Crippen LogP contribution < -0.4 is 5.32 Å². The van der Waals surface area contributed by atoms with E-state index >= 15 is 0 Å². The van der Waals surface area contributed by atoms with E-state index in [1.807, 2.05) is 31.2 Å². The molecule has 4 heteroatoms. The number of carbonyl (C=O) groups is 1. The van der Waals surface area contributed by atoms with Crippen molar-refractivity contribution >= 4 is 17.6 Å². The van der Waals surface area contributed by atoms with Gasteiger partial charge in [-0.25, -0.2) is 0 Å². The molecule has 1 aliphatic heterocycles. The Labute approximate surface area is 106 Å². The van der Waals surface area contributed by atoms with Crippen LogP contribution in [0, 0.1) is 0 Å². The number of esters is 1. The molecule has 1 heterocycles. The smallest absolute Gasteiger partial charge is 0.323 e. The number of rotatable bonds is 3. The zero-order chi connectivity index (χ0) is 12.3. The first-order valence-electron chi connectivity index (χ1n) is 5.89. The van der Waals surface area contributed by atoms with Crippen LogP contribution in [0.1, 0.15) is 31.4 Å². The number of halogens is 1. The van der Waals surface area contributed by atoms with Crippen LogP contribution in [0.25, 0.3) is 0 Å². The lowest BCUT2D eigenvalue weighted by molar-refractivity contribution is -0.145. The summed E-state index contributed by atoms with van der Waals surface area (Å²) in [6.45, 7) is 2.26. The van der Waals surface area contributed by atoms with Gasteiger partial charge in [-0.3, -0.25) is 10.1 Å². The molecule has 2 rings (SSSR count). The van der Waals surface area contributed by atoms with Gasteiger partial charge in [-0.05, 0) is 37.5 Å². The van der Waals surface area contributed by atoms with Gasteiger partial charge in [0.25, 0.3) is 0 Å². The van der Waals surface area contributed by atoms with Crippen molar-refractivity contribution in [2.45, 2.75) is 31.8 Å². The molecule has 1 N–H and O–H groups in total. The minimum atomic E-state index is -0.171. The molecule has 1 saturated heterocycles. The summed E-state index contributed by atoms with van der Waals surface area (Å²) >= 11 is 5.84. The van der Waals surface area contributed by atoms with Gasteiger partial charge in [0, 0.05) is 11.1 Å². The zero-order valence-corrected chi connectivity index (χ0v) is 10.5. The lowest BCUT2D eigenvalue weighted by atomic mass is 10.1. The Hall–Kier alpha value is -1.06. The molecule has 1 aromatic rings. The third-order valence-corrected chi connectivity index (χ3v) is 3.24. The Morgan fingerprint density at radius 2 is 2.12 bits per heavy atom. The summed E-state index contributed by atoms with van der Waals surface area (Å²) in [7, 11) is 0. The highest BCUT2D eigenvalue weighted by molar-refractivity contribution is 6.30. The summed E-state index contributed by atoms with van der Waals surface area (Å²) in [4.78, 5) is 11.6. The average molecular weight is 254 g/mol. The molecule has 17 heavy (non-hydrogen) atoms. The second kappa shape index (κ2) is 5.52. The van der Waals surface area contributed by atoms with E-state index in [4.69, 9.17) is 16.3 Å². The monoisotopic (exact) mass is 253 g/mol. The molecule has 2 atom stereocenters. The fourth-order valence-corrected chi connectivity index (χ4v) is 2.26. The van der Waals surface area contributed by atoms with Crippen LogP contribution >= 0.6 is 11.6 Å². The summed E-state index contributed by atoms with van der Waals surface area (Å²) in [6, 6.07) is 7.78.